The van der Waals surface area contributed by atoms with Gasteiger partial charge < -0.3 is 19.3 Å². The summed E-state index contributed by atoms with van der Waals surface area (Å²) in [6, 6.07) is 0. The van der Waals surface area contributed by atoms with Crippen molar-refractivity contribution in [2.24, 2.45) is 11.3 Å². The Balaban J connectivity index is 4.86. The maximum Gasteiger partial charge on any atom is 0.347 e. The molecular formula is C21H40O6. The predicted molar refractivity (Wildman–Crippen MR) is 105 cm³/mol. The van der Waals surface area contributed by atoms with Crippen LogP contribution in [0.5, 0.6) is 0 Å². The van der Waals surface area contributed by atoms with E-state index in [1.807, 2.05) is 48.5 Å². The third-order valence-electron chi connectivity index (χ3n) is 5.29. The fourth-order valence-corrected chi connectivity index (χ4v) is 2.00. The molecule has 0 aliphatic rings. The molecule has 0 aromatic heterocycles. The first kappa shape index (κ1) is 25.9. The summed E-state index contributed by atoms with van der Waals surface area (Å²) in [5.41, 5.74) is -2.59. The van der Waals surface area contributed by atoms with Crippen molar-refractivity contribution in [3.63, 3.8) is 0 Å². The van der Waals surface area contributed by atoms with E-state index in [-0.39, 0.29) is 11.0 Å². The molecule has 0 saturated carbocycles. The van der Waals surface area contributed by atoms with Crippen LogP contribution in [0.2, 0.25) is 0 Å². The summed E-state index contributed by atoms with van der Waals surface area (Å²) >= 11 is 0. The Morgan fingerprint density at radius 3 is 1.78 bits per heavy atom. The van der Waals surface area contributed by atoms with Gasteiger partial charge in [0.25, 0.3) is 0 Å². The number of hydrogen-bond acceptors (Lipinski definition) is 6. The minimum Gasteiger partial charge on any atom is -0.456 e. The van der Waals surface area contributed by atoms with E-state index in [0.717, 1.165) is 0 Å². The number of rotatable bonds is 9. The molecule has 2 atom stereocenters. The number of esters is 2. The summed E-state index contributed by atoms with van der Waals surface area (Å²) in [4.78, 5) is 24.5. The topological polar surface area (TPSA) is 82.1 Å². The van der Waals surface area contributed by atoms with Gasteiger partial charge in [0.05, 0.1) is 17.1 Å². The molecule has 160 valence electrons. The molecule has 0 bridgehead atoms. The minimum atomic E-state index is -1.23. The molecule has 0 aromatic carbocycles. The van der Waals surface area contributed by atoms with Crippen molar-refractivity contribution in [3.05, 3.63) is 0 Å². The molecule has 0 radical (unpaired) electrons. The lowest BCUT2D eigenvalue weighted by Gasteiger charge is -2.41. The molecule has 0 heterocycles. The van der Waals surface area contributed by atoms with E-state index in [9.17, 15) is 14.7 Å². The number of hydrogen-bond donors (Lipinski definition) is 1. The minimum absolute atomic E-state index is 0.225. The standard InChI is InChI=1S/C21H40O6/c1-14(20(8,9)24)16(22)26-15(2)17(23)27-21(10,11)19(6,7)12-13-25-18(3,4)5/h14-15,24H,12-13H2,1-11H3. The summed E-state index contributed by atoms with van der Waals surface area (Å²) < 4.78 is 16.7. The number of ether oxygens (including phenoxy) is 3. The second-order valence-electron chi connectivity index (χ2n) is 9.98. The second-order valence-corrected chi connectivity index (χ2v) is 9.98. The molecule has 0 fully saturated rings. The molecule has 0 aromatic rings. The molecule has 2 unspecified atom stereocenters. The predicted octanol–water partition coefficient (Wildman–Crippen LogP) is 3.88. The third-order valence-corrected chi connectivity index (χ3v) is 5.29. The van der Waals surface area contributed by atoms with Crippen molar-refractivity contribution in [1.29, 1.82) is 0 Å². The van der Waals surface area contributed by atoms with Crippen LogP contribution in [0.4, 0.5) is 0 Å². The van der Waals surface area contributed by atoms with Gasteiger partial charge in [0.2, 0.25) is 0 Å². The SMILES string of the molecule is CC(OC(=O)C(C)C(C)(C)O)C(=O)OC(C)(C)C(C)(C)CCOC(C)(C)C. The molecule has 0 saturated heterocycles. The van der Waals surface area contributed by atoms with E-state index >= 15 is 0 Å². The van der Waals surface area contributed by atoms with E-state index in [4.69, 9.17) is 14.2 Å². The molecule has 0 amide bonds. The van der Waals surface area contributed by atoms with E-state index in [1.165, 1.54) is 20.8 Å². The van der Waals surface area contributed by atoms with Crippen LogP contribution in [0, 0.1) is 11.3 Å². The Morgan fingerprint density at radius 1 is 0.889 bits per heavy atom. The fourth-order valence-electron chi connectivity index (χ4n) is 2.00. The molecular weight excluding hydrogens is 348 g/mol. The van der Waals surface area contributed by atoms with Gasteiger partial charge in [0.15, 0.2) is 6.10 Å². The number of carbonyl (C=O) groups is 2. The van der Waals surface area contributed by atoms with Crippen molar-refractivity contribution < 1.29 is 28.9 Å². The van der Waals surface area contributed by atoms with Crippen LogP contribution in [-0.2, 0) is 23.8 Å². The van der Waals surface area contributed by atoms with Gasteiger partial charge in [-0.15, -0.1) is 0 Å². The highest BCUT2D eigenvalue weighted by atomic mass is 16.6. The summed E-state index contributed by atoms with van der Waals surface area (Å²) in [6.07, 6.45) is -0.350. The quantitative estimate of drug-likeness (QED) is 0.604. The average molecular weight is 389 g/mol. The second kappa shape index (κ2) is 8.91. The van der Waals surface area contributed by atoms with Crippen molar-refractivity contribution in [1.82, 2.24) is 0 Å². The first-order valence-electron chi connectivity index (χ1n) is 9.60. The Labute approximate surface area is 164 Å². The Morgan fingerprint density at radius 2 is 1.37 bits per heavy atom. The first-order chi connectivity index (χ1) is 11.8. The maximum atomic E-state index is 12.5. The van der Waals surface area contributed by atoms with Crippen LogP contribution in [0.15, 0.2) is 0 Å². The summed E-state index contributed by atoms with van der Waals surface area (Å²) in [5.74, 6) is -2.00. The Hall–Kier alpha value is -1.14. The highest BCUT2D eigenvalue weighted by Crippen LogP contribution is 2.37. The van der Waals surface area contributed by atoms with Crippen molar-refractivity contribution in [2.75, 3.05) is 6.61 Å². The smallest absolute Gasteiger partial charge is 0.347 e. The van der Waals surface area contributed by atoms with Gasteiger partial charge in [-0.1, -0.05) is 13.8 Å². The fraction of sp³-hybridized carbons (Fsp3) is 0.905. The third kappa shape index (κ3) is 8.60. The lowest BCUT2D eigenvalue weighted by atomic mass is 9.74. The van der Waals surface area contributed by atoms with Gasteiger partial charge in [-0.25, -0.2) is 4.79 Å². The zero-order valence-corrected chi connectivity index (χ0v) is 19.1. The lowest BCUT2D eigenvalue weighted by Crippen LogP contribution is -2.46. The monoisotopic (exact) mass is 388 g/mol. The first-order valence-corrected chi connectivity index (χ1v) is 9.60. The number of carbonyl (C=O) groups excluding carboxylic acids is 2. The Bertz CT molecular complexity index is 508. The molecule has 0 rings (SSSR count). The van der Waals surface area contributed by atoms with Crippen LogP contribution in [0.3, 0.4) is 0 Å². The summed E-state index contributed by atoms with van der Waals surface area (Å²) in [7, 11) is 0. The maximum absolute atomic E-state index is 12.5. The van der Waals surface area contributed by atoms with Crippen LogP contribution >= 0.6 is 0 Å². The van der Waals surface area contributed by atoms with Gasteiger partial charge in [0, 0.05) is 12.0 Å². The van der Waals surface area contributed by atoms with E-state index < -0.39 is 35.2 Å². The van der Waals surface area contributed by atoms with Crippen LogP contribution in [-0.4, -0.2) is 46.6 Å². The molecule has 0 aliphatic heterocycles. The zero-order chi connectivity index (χ0) is 21.8. The van der Waals surface area contributed by atoms with E-state index in [0.29, 0.717) is 13.0 Å². The van der Waals surface area contributed by atoms with Gasteiger partial charge in [-0.3, -0.25) is 4.79 Å². The molecule has 27 heavy (non-hydrogen) atoms. The lowest BCUT2D eigenvalue weighted by molar-refractivity contribution is -0.189. The zero-order valence-electron chi connectivity index (χ0n) is 19.1. The van der Waals surface area contributed by atoms with Gasteiger partial charge in [-0.05, 0) is 68.7 Å². The van der Waals surface area contributed by atoms with Crippen LogP contribution in [0.25, 0.3) is 0 Å². The van der Waals surface area contributed by atoms with Crippen LogP contribution in [0.1, 0.15) is 82.6 Å². The summed E-state index contributed by atoms with van der Waals surface area (Å²) in [6.45, 7) is 20.3. The molecule has 0 spiro atoms. The van der Waals surface area contributed by atoms with Crippen molar-refractivity contribution in [2.45, 2.75) is 105 Å². The molecule has 6 nitrogen and oxygen atoms in total. The highest BCUT2D eigenvalue weighted by Gasteiger charge is 2.42. The van der Waals surface area contributed by atoms with E-state index in [2.05, 4.69) is 0 Å². The van der Waals surface area contributed by atoms with Gasteiger partial charge in [0.1, 0.15) is 5.60 Å². The Kier molecular flexibility index (Phi) is 8.53. The number of aliphatic hydroxyl groups is 1. The van der Waals surface area contributed by atoms with Crippen molar-refractivity contribution in [3.8, 4) is 0 Å². The van der Waals surface area contributed by atoms with Crippen LogP contribution < -0.4 is 0 Å². The van der Waals surface area contributed by atoms with Gasteiger partial charge >= 0.3 is 11.9 Å². The highest BCUT2D eigenvalue weighted by molar-refractivity contribution is 5.80. The largest absolute Gasteiger partial charge is 0.456 e. The van der Waals surface area contributed by atoms with Crippen molar-refractivity contribution >= 4 is 11.9 Å². The molecule has 6 heteroatoms. The normalized spacial score (nSPS) is 15.9. The molecule has 1 N–H and O–H groups in total. The summed E-state index contributed by atoms with van der Waals surface area (Å²) in [5, 5.41) is 9.91. The van der Waals surface area contributed by atoms with Gasteiger partial charge in [-0.2, -0.15) is 0 Å². The molecule has 0 aliphatic carbocycles. The average Bonchev–Trinajstić information content (AvgIpc) is 2.42. The van der Waals surface area contributed by atoms with E-state index in [1.54, 1.807) is 6.92 Å².